The lowest BCUT2D eigenvalue weighted by molar-refractivity contribution is 0.0999. The largest absolute Gasteiger partial charge is 0.497 e. The monoisotopic (exact) mass is 476 g/mol. The number of fused-ring (bicyclic) bond motifs is 1. The lowest BCUT2D eigenvalue weighted by atomic mass is 10.1. The van der Waals surface area contributed by atoms with Crippen molar-refractivity contribution in [3.63, 3.8) is 0 Å². The molecule has 0 spiro atoms. The molecule has 0 radical (unpaired) electrons. The number of carbonyl (C=O) groups excluding carboxylic acids is 2. The molecule has 0 bridgehead atoms. The fourth-order valence-corrected chi connectivity index (χ4v) is 3.53. The molecule has 9 heteroatoms. The maximum absolute atomic E-state index is 13.3. The van der Waals surface area contributed by atoms with Crippen LogP contribution in [0.4, 0.5) is 11.4 Å². The van der Waals surface area contributed by atoms with Crippen LogP contribution in [0.15, 0.2) is 65.1 Å². The van der Waals surface area contributed by atoms with Crippen LogP contribution < -0.4 is 29.6 Å². The summed E-state index contributed by atoms with van der Waals surface area (Å²) < 4.78 is 26.9. The number of benzene rings is 3. The Bertz CT molecular complexity index is 1370. The number of hydrogen-bond acceptors (Lipinski definition) is 7. The van der Waals surface area contributed by atoms with E-state index in [1.54, 1.807) is 60.7 Å². The molecule has 0 aliphatic heterocycles. The molecular weight excluding hydrogens is 452 g/mol. The van der Waals surface area contributed by atoms with Crippen molar-refractivity contribution in [3.8, 4) is 23.0 Å². The Morgan fingerprint density at radius 3 is 2.06 bits per heavy atom. The second kappa shape index (κ2) is 10.1. The normalized spacial score (nSPS) is 10.5. The number of ether oxygens (including phenoxy) is 4. The van der Waals surface area contributed by atoms with Crippen LogP contribution in [0, 0.1) is 0 Å². The van der Waals surface area contributed by atoms with E-state index >= 15 is 0 Å². The van der Waals surface area contributed by atoms with Gasteiger partial charge >= 0.3 is 0 Å². The standard InChI is InChI=1S/C26H24N2O7/c1-31-16-9-10-20(22(14-16)34-4)27-26(30)24-23(19-7-5-6-8-21(19)35-24)28-25(29)15-11-17(32-2)13-18(12-15)33-3/h5-14H,1-4H3,(H,27,30)(H,28,29). The number of anilines is 2. The first kappa shape index (κ1) is 23.5. The van der Waals surface area contributed by atoms with E-state index in [4.69, 9.17) is 23.4 Å². The van der Waals surface area contributed by atoms with Crippen LogP contribution in [-0.2, 0) is 0 Å². The third-order valence-corrected chi connectivity index (χ3v) is 5.31. The summed E-state index contributed by atoms with van der Waals surface area (Å²) in [5.74, 6) is 0.792. The molecule has 0 unspecified atom stereocenters. The number of carbonyl (C=O) groups is 2. The molecule has 0 aliphatic rings. The van der Waals surface area contributed by atoms with Gasteiger partial charge in [0.05, 0.1) is 34.1 Å². The molecular formula is C26H24N2O7. The number of nitrogens with one attached hydrogen (secondary N) is 2. The molecule has 180 valence electrons. The van der Waals surface area contributed by atoms with E-state index in [1.807, 2.05) is 0 Å². The van der Waals surface area contributed by atoms with Gasteiger partial charge in [0.2, 0.25) is 5.76 Å². The highest BCUT2D eigenvalue weighted by molar-refractivity contribution is 6.17. The second-order valence-corrected chi connectivity index (χ2v) is 7.38. The van der Waals surface area contributed by atoms with Crippen LogP contribution in [0.1, 0.15) is 20.9 Å². The topological polar surface area (TPSA) is 108 Å². The van der Waals surface area contributed by atoms with Crippen molar-refractivity contribution in [2.75, 3.05) is 39.1 Å². The zero-order valence-corrected chi connectivity index (χ0v) is 19.6. The van der Waals surface area contributed by atoms with E-state index < -0.39 is 11.8 Å². The summed E-state index contributed by atoms with van der Waals surface area (Å²) in [7, 11) is 6.01. The van der Waals surface area contributed by atoms with E-state index in [1.165, 1.54) is 28.4 Å². The predicted octanol–water partition coefficient (Wildman–Crippen LogP) is 4.97. The van der Waals surface area contributed by atoms with Crippen LogP contribution in [0.25, 0.3) is 11.0 Å². The Hall–Kier alpha value is -4.66. The summed E-state index contributed by atoms with van der Waals surface area (Å²) in [6.45, 7) is 0. The lowest BCUT2D eigenvalue weighted by Gasteiger charge is -2.12. The number of rotatable bonds is 8. The van der Waals surface area contributed by atoms with E-state index in [0.29, 0.717) is 39.7 Å². The van der Waals surface area contributed by atoms with Crippen molar-refractivity contribution >= 4 is 34.2 Å². The van der Waals surface area contributed by atoms with E-state index in [9.17, 15) is 9.59 Å². The van der Waals surface area contributed by atoms with Gasteiger partial charge in [-0.1, -0.05) is 12.1 Å². The molecule has 4 rings (SSSR count). The van der Waals surface area contributed by atoms with Gasteiger partial charge < -0.3 is 34.0 Å². The molecule has 9 nitrogen and oxygen atoms in total. The zero-order chi connectivity index (χ0) is 24.9. The summed E-state index contributed by atoms with van der Waals surface area (Å²) in [4.78, 5) is 26.4. The van der Waals surface area contributed by atoms with Crippen LogP contribution >= 0.6 is 0 Å². The zero-order valence-electron chi connectivity index (χ0n) is 19.6. The van der Waals surface area contributed by atoms with Crippen LogP contribution in [-0.4, -0.2) is 40.3 Å². The molecule has 0 fully saturated rings. The van der Waals surface area contributed by atoms with Crippen molar-refractivity contribution in [1.82, 2.24) is 0 Å². The van der Waals surface area contributed by atoms with Crippen molar-refractivity contribution in [2.45, 2.75) is 0 Å². The van der Waals surface area contributed by atoms with Crippen LogP contribution in [0.5, 0.6) is 23.0 Å². The van der Waals surface area contributed by atoms with Crippen LogP contribution in [0.3, 0.4) is 0 Å². The van der Waals surface area contributed by atoms with Crippen molar-refractivity contribution in [3.05, 3.63) is 72.0 Å². The number of furan rings is 1. The Morgan fingerprint density at radius 1 is 0.714 bits per heavy atom. The van der Waals surface area contributed by atoms with Gasteiger partial charge in [-0.3, -0.25) is 9.59 Å². The molecule has 0 saturated carbocycles. The summed E-state index contributed by atoms with van der Waals surface area (Å²) in [6, 6.07) is 16.8. The average Bonchev–Trinajstić information content (AvgIpc) is 3.26. The number of para-hydroxylation sites is 1. The molecule has 2 N–H and O–H groups in total. The van der Waals surface area contributed by atoms with Gasteiger partial charge in [0.15, 0.2) is 0 Å². The molecule has 0 aliphatic carbocycles. The first-order chi connectivity index (χ1) is 17.0. The highest BCUT2D eigenvalue weighted by Gasteiger charge is 2.24. The third kappa shape index (κ3) is 4.84. The van der Waals surface area contributed by atoms with Crippen LogP contribution in [0.2, 0.25) is 0 Å². The second-order valence-electron chi connectivity index (χ2n) is 7.38. The van der Waals surface area contributed by atoms with Crippen molar-refractivity contribution < 1.29 is 33.0 Å². The molecule has 1 heterocycles. The molecule has 2 amide bonds. The lowest BCUT2D eigenvalue weighted by Crippen LogP contribution is -2.17. The number of amides is 2. The van der Waals surface area contributed by atoms with Gasteiger partial charge in [-0.15, -0.1) is 0 Å². The quantitative estimate of drug-likeness (QED) is 0.370. The summed E-state index contributed by atoms with van der Waals surface area (Å²) >= 11 is 0. The molecule has 35 heavy (non-hydrogen) atoms. The minimum absolute atomic E-state index is 0.0627. The maximum Gasteiger partial charge on any atom is 0.293 e. The highest BCUT2D eigenvalue weighted by atomic mass is 16.5. The Kier molecular flexibility index (Phi) is 6.77. The van der Waals surface area contributed by atoms with Gasteiger partial charge in [0, 0.05) is 23.1 Å². The van der Waals surface area contributed by atoms with Gasteiger partial charge in [0.1, 0.15) is 34.3 Å². The first-order valence-corrected chi connectivity index (χ1v) is 10.6. The first-order valence-electron chi connectivity index (χ1n) is 10.6. The Balaban J connectivity index is 1.70. The van der Waals surface area contributed by atoms with E-state index in [2.05, 4.69) is 10.6 Å². The van der Waals surface area contributed by atoms with E-state index in [0.717, 1.165) is 0 Å². The fraction of sp³-hybridized carbons (Fsp3) is 0.154. The smallest absolute Gasteiger partial charge is 0.293 e. The Labute approximate surface area is 201 Å². The highest BCUT2D eigenvalue weighted by Crippen LogP contribution is 2.34. The minimum Gasteiger partial charge on any atom is -0.497 e. The maximum atomic E-state index is 13.3. The molecule has 3 aromatic carbocycles. The summed E-state index contributed by atoms with van der Waals surface area (Å²) in [5, 5.41) is 6.16. The van der Waals surface area contributed by atoms with Gasteiger partial charge in [-0.2, -0.15) is 0 Å². The molecule has 1 aromatic heterocycles. The third-order valence-electron chi connectivity index (χ3n) is 5.31. The van der Waals surface area contributed by atoms with E-state index in [-0.39, 0.29) is 17.0 Å². The van der Waals surface area contributed by atoms with Gasteiger partial charge in [0.25, 0.3) is 11.8 Å². The fourth-order valence-electron chi connectivity index (χ4n) is 3.53. The SMILES string of the molecule is COc1cc(OC)cc(C(=O)Nc2c(C(=O)Nc3ccc(OC)cc3OC)oc3ccccc23)c1. The Morgan fingerprint density at radius 2 is 1.40 bits per heavy atom. The summed E-state index contributed by atoms with van der Waals surface area (Å²) in [6.07, 6.45) is 0. The minimum atomic E-state index is -0.566. The number of hydrogen-bond donors (Lipinski definition) is 2. The average molecular weight is 476 g/mol. The predicted molar refractivity (Wildman–Crippen MR) is 131 cm³/mol. The van der Waals surface area contributed by atoms with Crippen molar-refractivity contribution in [2.24, 2.45) is 0 Å². The molecule has 0 saturated heterocycles. The molecule has 0 atom stereocenters. The number of methoxy groups -OCH3 is 4. The summed E-state index contributed by atoms with van der Waals surface area (Å²) in [5.41, 5.74) is 1.37. The molecule has 4 aromatic rings. The van der Waals surface area contributed by atoms with Crippen molar-refractivity contribution in [1.29, 1.82) is 0 Å². The van der Waals surface area contributed by atoms with Gasteiger partial charge in [-0.05, 0) is 36.4 Å². The van der Waals surface area contributed by atoms with Gasteiger partial charge in [-0.25, -0.2) is 0 Å².